The lowest BCUT2D eigenvalue weighted by atomic mass is 9.99. The molecule has 0 fully saturated rings. The maximum Gasteiger partial charge on any atom is 0.0540 e. The molecule has 0 N–H and O–H groups in total. The Bertz CT molecular complexity index is 1450. The van der Waals surface area contributed by atoms with Crippen molar-refractivity contribution in [3.8, 4) is 22.3 Å². The second-order valence-electron chi connectivity index (χ2n) is 9.32. The zero-order valence-electron chi connectivity index (χ0n) is 19.3. The minimum atomic E-state index is 0.516. The van der Waals surface area contributed by atoms with E-state index in [9.17, 15) is 0 Å². The van der Waals surface area contributed by atoms with E-state index in [0.717, 1.165) is 0 Å². The Kier molecular flexibility index (Phi) is 4.58. The second-order valence-corrected chi connectivity index (χ2v) is 9.32. The number of benzene rings is 5. The highest BCUT2D eigenvalue weighted by atomic mass is 15.1. The Balaban J connectivity index is 1.60. The SMILES string of the molecule is Cc1ccc(N(c2ccc(C(C)C)cc2)c2ccc3c4c(cccc24)-c2ccccc2-3)cc1. The van der Waals surface area contributed by atoms with Gasteiger partial charge in [0.1, 0.15) is 0 Å². The van der Waals surface area contributed by atoms with Crippen molar-refractivity contribution in [1.29, 1.82) is 0 Å². The van der Waals surface area contributed by atoms with Gasteiger partial charge in [-0.1, -0.05) is 92.2 Å². The lowest BCUT2D eigenvalue weighted by Gasteiger charge is -2.27. The summed E-state index contributed by atoms with van der Waals surface area (Å²) in [6.45, 7) is 6.63. The predicted octanol–water partition coefficient (Wildman–Crippen LogP) is 9.39. The van der Waals surface area contributed by atoms with E-state index < -0.39 is 0 Å². The summed E-state index contributed by atoms with van der Waals surface area (Å²) in [5.74, 6) is 0.516. The van der Waals surface area contributed by atoms with Crippen molar-refractivity contribution >= 4 is 27.8 Å². The molecule has 0 spiro atoms. The third kappa shape index (κ3) is 3.15. The van der Waals surface area contributed by atoms with Crippen LogP contribution in [-0.4, -0.2) is 0 Å². The number of rotatable bonds is 4. The maximum atomic E-state index is 2.40. The number of aryl methyl sites for hydroxylation is 1. The molecule has 6 rings (SSSR count). The van der Waals surface area contributed by atoms with Crippen molar-refractivity contribution in [2.24, 2.45) is 0 Å². The van der Waals surface area contributed by atoms with Gasteiger partial charge in [0, 0.05) is 16.8 Å². The Hall–Kier alpha value is -3.84. The molecule has 5 aromatic carbocycles. The number of nitrogens with zero attached hydrogens (tertiary/aromatic N) is 1. The highest BCUT2D eigenvalue weighted by molar-refractivity contribution is 6.19. The fourth-order valence-electron chi connectivity index (χ4n) is 5.12. The predicted molar refractivity (Wildman–Crippen MR) is 142 cm³/mol. The third-order valence-corrected chi connectivity index (χ3v) is 6.88. The molecule has 1 heteroatoms. The van der Waals surface area contributed by atoms with Crippen LogP contribution < -0.4 is 4.90 Å². The molecule has 1 aliphatic rings. The first-order valence-corrected chi connectivity index (χ1v) is 11.7. The van der Waals surface area contributed by atoms with E-state index in [1.165, 1.54) is 61.2 Å². The molecule has 0 saturated carbocycles. The van der Waals surface area contributed by atoms with Gasteiger partial charge in [0.05, 0.1) is 5.69 Å². The van der Waals surface area contributed by atoms with E-state index in [1.54, 1.807) is 0 Å². The average Bonchev–Trinajstić information content (AvgIpc) is 3.17. The van der Waals surface area contributed by atoms with Gasteiger partial charge in [0.25, 0.3) is 0 Å². The highest BCUT2D eigenvalue weighted by Gasteiger charge is 2.24. The fraction of sp³-hybridized carbons (Fsp3) is 0.125. The quantitative estimate of drug-likeness (QED) is 0.272. The van der Waals surface area contributed by atoms with Crippen molar-refractivity contribution in [2.75, 3.05) is 4.90 Å². The molecule has 0 aliphatic heterocycles. The van der Waals surface area contributed by atoms with Gasteiger partial charge in [-0.2, -0.15) is 0 Å². The standard InChI is InChI=1S/C32H27N/c1-21(2)23-13-17-25(18-14-23)33(24-15-11-22(3)12-16-24)31-20-19-29-27-8-5-4-7-26(27)28-9-6-10-30(31)32(28)29/h4-21H,1-3H3. The second kappa shape index (κ2) is 7.64. The zero-order chi connectivity index (χ0) is 22.5. The first-order chi connectivity index (χ1) is 16.1. The number of hydrogen-bond donors (Lipinski definition) is 0. The van der Waals surface area contributed by atoms with Crippen LogP contribution in [0.2, 0.25) is 0 Å². The van der Waals surface area contributed by atoms with Gasteiger partial charge in [-0.15, -0.1) is 0 Å². The third-order valence-electron chi connectivity index (χ3n) is 6.88. The normalized spacial score (nSPS) is 11.8. The molecule has 0 amide bonds. The van der Waals surface area contributed by atoms with Gasteiger partial charge in [-0.3, -0.25) is 0 Å². The van der Waals surface area contributed by atoms with Crippen LogP contribution in [0.3, 0.4) is 0 Å². The molecule has 0 aromatic heterocycles. The topological polar surface area (TPSA) is 3.24 Å². The van der Waals surface area contributed by atoms with Crippen LogP contribution in [0.15, 0.2) is 103 Å². The first kappa shape index (κ1) is 19.8. The molecule has 33 heavy (non-hydrogen) atoms. The average molecular weight is 426 g/mol. The summed E-state index contributed by atoms with van der Waals surface area (Å²) in [6.07, 6.45) is 0. The van der Waals surface area contributed by atoms with Crippen molar-refractivity contribution in [3.05, 3.63) is 114 Å². The molecule has 0 atom stereocenters. The summed E-state index contributed by atoms with van der Waals surface area (Å²) in [5, 5.41) is 2.64. The van der Waals surface area contributed by atoms with Crippen LogP contribution in [-0.2, 0) is 0 Å². The van der Waals surface area contributed by atoms with Crippen LogP contribution in [0.5, 0.6) is 0 Å². The molecule has 0 bridgehead atoms. The Labute approximate surface area is 195 Å². The Morgan fingerprint density at radius 2 is 1.12 bits per heavy atom. The lowest BCUT2D eigenvalue weighted by Crippen LogP contribution is -2.10. The Morgan fingerprint density at radius 3 is 1.76 bits per heavy atom. The summed E-state index contributed by atoms with van der Waals surface area (Å²) in [5.41, 5.74) is 11.5. The van der Waals surface area contributed by atoms with Crippen LogP contribution in [0.25, 0.3) is 33.0 Å². The van der Waals surface area contributed by atoms with E-state index in [-0.39, 0.29) is 0 Å². The van der Waals surface area contributed by atoms with Gasteiger partial charge >= 0.3 is 0 Å². The molecule has 0 unspecified atom stereocenters. The monoisotopic (exact) mass is 425 g/mol. The molecule has 0 heterocycles. The molecule has 160 valence electrons. The summed E-state index contributed by atoms with van der Waals surface area (Å²) >= 11 is 0. The highest BCUT2D eigenvalue weighted by Crippen LogP contribution is 2.50. The van der Waals surface area contributed by atoms with E-state index in [0.29, 0.717) is 5.92 Å². The number of hydrogen-bond acceptors (Lipinski definition) is 1. The molecule has 5 aromatic rings. The van der Waals surface area contributed by atoms with Crippen LogP contribution >= 0.6 is 0 Å². The smallest absolute Gasteiger partial charge is 0.0540 e. The first-order valence-electron chi connectivity index (χ1n) is 11.7. The molecular weight excluding hydrogens is 398 g/mol. The van der Waals surface area contributed by atoms with Gasteiger partial charge in [-0.05, 0) is 76.4 Å². The van der Waals surface area contributed by atoms with Crippen molar-refractivity contribution in [3.63, 3.8) is 0 Å². The largest absolute Gasteiger partial charge is 0.310 e. The molecule has 0 radical (unpaired) electrons. The number of fused-ring (bicyclic) bond motifs is 3. The Morgan fingerprint density at radius 1 is 0.545 bits per heavy atom. The molecule has 1 nitrogen and oxygen atoms in total. The van der Waals surface area contributed by atoms with E-state index >= 15 is 0 Å². The van der Waals surface area contributed by atoms with E-state index in [4.69, 9.17) is 0 Å². The maximum absolute atomic E-state index is 2.40. The van der Waals surface area contributed by atoms with E-state index in [2.05, 4.69) is 129 Å². The van der Waals surface area contributed by atoms with Crippen LogP contribution in [0.4, 0.5) is 17.1 Å². The molecule has 0 saturated heterocycles. The van der Waals surface area contributed by atoms with Gasteiger partial charge < -0.3 is 4.90 Å². The zero-order valence-corrected chi connectivity index (χ0v) is 19.3. The summed E-state index contributed by atoms with van der Waals surface area (Å²) in [7, 11) is 0. The lowest BCUT2D eigenvalue weighted by molar-refractivity contribution is 0.866. The fourth-order valence-corrected chi connectivity index (χ4v) is 5.12. The summed E-state index contributed by atoms with van der Waals surface area (Å²) in [4.78, 5) is 2.40. The van der Waals surface area contributed by atoms with Crippen LogP contribution in [0.1, 0.15) is 30.9 Å². The summed E-state index contributed by atoms with van der Waals surface area (Å²) < 4.78 is 0. The van der Waals surface area contributed by atoms with Crippen LogP contribution in [0, 0.1) is 6.92 Å². The van der Waals surface area contributed by atoms with E-state index in [1.807, 2.05) is 0 Å². The van der Waals surface area contributed by atoms with Gasteiger partial charge in [-0.25, -0.2) is 0 Å². The number of anilines is 3. The summed E-state index contributed by atoms with van der Waals surface area (Å²) in [6, 6.07) is 38.0. The minimum Gasteiger partial charge on any atom is -0.310 e. The van der Waals surface area contributed by atoms with Crippen molar-refractivity contribution < 1.29 is 0 Å². The van der Waals surface area contributed by atoms with Gasteiger partial charge in [0.2, 0.25) is 0 Å². The molecular formula is C32H27N. The van der Waals surface area contributed by atoms with Crippen molar-refractivity contribution in [1.82, 2.24) is 0 Å². The van der Waals surface area contributed by atoms with Gasteiger partial charge in [0.15, 0.2) is 0 Å². The van der Waals surface area contributed by atoms with Crippen molar-refractivity contribution in [2.45, 2.75) is 26.7 Å². The minimum absolute atomic E-state index is 0.516. The molecule has 1 aliphatic carbocycles.